The second-order valence-electron chi connectivity index (χ2n) is 4.22. The van der Waals surface area contributed by atoms with Crippen LogP contribution in [0.4, 0.5) is 0 Å². The standard InChI is InChI=1S/C14H14N2OS/c1-9-10(2)18-14-15-12(8-16(9)14)11-6-4-5-7-13(11)17-3/h4-8H,1-3H3. The van der Waals surface area contributed by atoms with Crippen LogP contribution in [0.25, 0.3) is 16.2 Å². The number of benzene rings is 1. The van der Waals surface area contributed by atoms with E-state index in [-0.39, 0.29) is 0 Å². The molecule has 0 aliphatic heterocycles. The minimum Gasteiger partial charge on any atom is -0.496 e. The van der Waals surface area contributed by atoms with Crippen LogP contribution in [-0.4, -0.2) is 16.5 Å². The normalized spacial score (nSPS) is 11.1. The Balaban J connectivity index is 2.20. The molecule has 0 aliphatic carbocycles. The van der Waals surface area contributed by atoms with Gasteiger partial charge in [0.2, 0.25) is 0 Å². The van der Waals surface area contributed by atoms with Crippen molar-refractivity contribution in [2.75, 3.05) is 7.11 Å². The molecule has 92 valence electrons. The minimum atomic E-state index is 0.859. The fourth-order valence-corrected chi connectivity index (χ4v) is 2.99. The van der Waals surface area contributed by atoms with Crippen molar-refractivity contribution in [2.45, 2.75) is 13.8 Å². The van der Waals surface area contributed by atoms with Crippen LogP contribution in [-0.2, 0) is 0 Å². The molecular formula is C14H14N2OS. The highest BCUT2D eigenvalue weighted by molar-refractivity contribution is 7.17. The molecule has 0 fully saturated rings. The van der Waals surface area contributed by atoms with Gasteiger partial charge < -0.3 is 4.74 Å². The van der Waals surface area contributed by atoms with Crippen LogP contribution in [0.5, 0.6) is 5.75 Å². The fourth-order valence-electron chi connectivity index (χ4n) is 2.04. The van der Waals surface area contributed by atoms with Crippen molar-refractivity contribution in [3.05, 3.63) is 41.0 Å². The van der Waals surface area contributed by atoms with Crippen molar-refractivity contribution < 1.29 is 4.74 Å². The van der Waals surface area contributed by atoms with Gasteiger partial charge in [0, 0.05) is 22.3 Å². The first-order chi connectivity index (χ1) is 8.70. The zero-order chi connectivity index (χ0) is 12.7. The van der Waals surface area contributed by atoms with Gasteiger partial charge in [-0.3, -0.25) is 4.40 Å². The lowest BCUT2D eigenvalue weighted by atomic mass is 10.1. The number of hydrogen-bond donors (Lipinski definition) is 0. The zero-order valence-corrected chi connectivity index (χ0v) is 11.4. The number of hydrogen-bond acceptors (Lipinski definition) is 3. The van der Waals surface area contributed by atoms with Crippen molar-refractivity contribution in [2.24, 2.45) is 0 Å². The summed E-state index contributed by atoms with van der Waals surface area (Å²) < 4.78 is 7.52. The summed E-state index contributed by atoms with van der Waals surface area (Å²) in [5, 5.41) is 0. The highest BCUT2D eigenvalue weighted by atomic mass is 32.1. The number of aromatic nitrogens is 2. The summed E-state index contributed by atoms with van der Waals surface area (Å²) in [5.74, 6) is 0.859. The Morgan fingerprint density at radius 3 is 2.72 bits per heavy atom. The summed E-state index contributed by atoms with van der Waals surface area (Å²) in [6.07, 6.45) is 2.08. The van der Waals surface area contributed by atoms with Gasteiger partial charge in [0.1, 0.15) is 5.75 Å². The molecule has 1 aromatic carbocycles. The zero-order valence-electron chi connectivity index (χ0n) is 10.6. The smallest absolute Gasteiger partial charge is 0.194 e. The largest absolute Gasteiger partial charge is 0.496 e. The second-order valence-corrected chi connectivity index (χ2v) is 5.40. The molecule has 0 N–H and O–H groups in total. The lowest BCUT2D eigenvalue weighted by Crippen LogP contribution is -1.87. The molecule has 3 nitrogen and oxygen atoms in total. The fraction of sp³-hybridized carbons (Fsp3) is 0.214. The van der Waals surface area contributed by atoms with Gasteiger partial charge in [0.05, 0.1) is 12.8 Å². The number of para-hydroxylation sites is 1. The Labute approximate surface area is 110 Å². The van der Waals surface area contributed by atoms with E-state index in [1.807, 2.05) is 24.3 Å². The molecule has 18 heavy (non-hydrogen) atoms. The molecule has 0 atom stereocenters. The van der Waals surface area contributed by atoms with E-state index in [9.17, 15) is 0 Å². The molecular weight excluding hydrogens is 244 g/mol. The monoisotopic (exact) mass is 258 g/mol. The SMILES string of the molecule is COc1ccccc1-c1cn2c(C)c(C)sc2n1. The molecule has 0 unspecified atom stereocenters. The minimum absolute atomic E-state index is 0.859. The highest BCUT2D eigenvalue weighted by Gasteiger charge is 2.12. The molecule has 0 bridgehead atoms. The third-order valence-corrected chi connectivity index (χ3v) is 4.24. The van der Waals surface area contributed by atoms with E-state index in [1.54, 1.807) is 18.4 Å². The highest BCUT2D eigenvalue weighted by Crippen LogP contribution is 2.31. The predicted molar refractivity (Wildman–Crippen MR) is 74.5 cm³/mol. The maximum atomic E-state index is 5.38. The average Bonchev–Trinajstić information content (AvgIpc) is 2.91. The van der Waals surface area contributed by atoms with Gasteiger partial charge in [0.15, 0.2) is 4.96 Å². The molecule has 3 rings (SSSR count). The van der Waals surface area contributed by atoms with Crippen LogP contribution >= 0.6 is 11.3 Å². The third kappa shape index (κ3) is 1.61. The van der Waals surface area contributed by atoms with Crippen molar-refractivity contribution in [3.63, 3.8) is 0 Å². The van der Waals surface area contributed by atoms with Gasteiger partial charge in [-0.15, -0.1) is 11.3 Å². The maximum Gasteiger partial charge on any atom is 0.194 e. The molecule has 0 saturated heterocycles. The maximum absolute atomic E-state index is 5.38. The third-order valence-electron chi connectivity index (χ3n) is 3.17. The first kappa shape index (κ1) is 11.3. The summed E-state index contributed by atoms with van der Waals surface area (Å²) in [4.78, 5) is 7.02. The van der Waals surface area contributed by atoms with Gasteiger partial charge in [-0.05, 0) is 26.0 Å². The second kappa shape index (κ2) is 4.14. The average molecular weight is 258 g/mol. The molecule has 2 aromatic heterocycles. The summed E-state index contributed by atoms with van der Waals surface area (Å²) >= 11 is 1.72. The van der Waals surface area contributed by atoms with Gasteiger partial charge in [0.25, 0.3) is 0 Å². The first-order valence-electron chi connectivity index (χ1n) is 5.79. The van der Waals surface area contributed by atoms with E-state index < -0.39 is 0 Å². The molecule has 0 aliphatic rings. The molecule has 0 amide bonds. The number of aryl methyl sites for hydroxylation is 2. The van der Waals surface area contributed by atoms with Crippen LogP contribution in [0.2, 0.25) is 0 Å². The van der Waals surface area contributed by atoms with Crippen LogP contribution in [0, 0.1) is 13.8 Å². The van der Waals surface area contributed by atoms with Crippen LogP contribution in [0.1, 0.15) is 10.6 Å². The van der Waals surface area contributed by atoms with E-state index in [2.05, 4.69) is 29.4 Å². The van der Waals surface area contributed by atoms with Gasteiger partial charge >= 0.3 is 0 Å². The number of methoxy groups -OCH3 is 1. The number of thiazole rings is 1. The molecule has 2 heterocycles. The molecule has 3 aromatic rings. The molecule has 4 heteroatoms. The molecule has 0 radical (unpaired) electrons. The predicted octanol–water partition coefficient (Wildman–Crippen LogP) is 3.69. The first-order valence-corrected chi connectivity index (χ1v) is 6.61. The Bertz CT molecular complexity index is 712. The molecule has 0 saturated carbocycles. The van der Waals surface area contributed by atoms with Crippen molar-refractivity contribution >= 4 is 16.3 Å². The Kier molecular flexibility index (Phi) is 2.59. The van der Waals surface area contributed by atoms with Gasteiger partial charge in [-0.25, -0.2) is 4.98 Å². The number of ether oxygens (including phenoxy) is 1. The van der Waals surface area contributed by atoms with E-state index in [0.29, 0.717) is 0 Å². The van der Waals surface area contributed by atoms with Gasteiger partial charge in [-0.2, -0.15) is 0 Å². The van der Waals surface area contributed by atoms with Crippen molar-refractivity contribution in [1.82, 2.24) is 9.38 Å². The number of rotatable bonds is 2. The quantitative estimate of drug-likeness (QED) is 0.701. The van der Waals surface area contributed by atoms with E-state index in [4.69, 9.17) is 4.74 Å². The van der Waals surface area contributed by atoms with E-state index >= 15 is 0 Å². The van der Waals surface area contributed by atoms with Crippen LogP contribution < -0.4 is 4.74 Å². The van der Waals surface area contributed by atoms with Gasteiger partial charge in [-0.1, -0.05) is 12.1 Å². The number of nitrogens with zero attached hydrogens (tertiary/aromatic N) is 2. The van der Waals surface area contributed by atoms with Crippen molar-refractivity contribution in [3.8, 4) is 17.0 Å². The van der Waals surface area contributed by atoms with Crippen molar-refractivity contribution in [1.29, 1.82) is 0 Å². The Morgan fingerprint density at radius 2 is 2.00 bits per heavy atom. The van der Waals surface area contributed by atoms with Crippen LogP contribution in [0.15, 0.2) is 30.5 Å². The summed E-state index contributed by atoms with van der Waals surface area (Å²) in [6.45, 7) is 4.24. The Hall–Kier alpha value is -1.81. The number of imidazole rings is 1. The lowest BCUT2D eigenvalue weighted by Gasteiger charge is -2.04. The topological polar surface area (TPSA) is 26.5 Å². The summed E-state index contributed by atoms with van der Waals surface area (Å²) in [6, 6.07) is 7.97. The van der Waals surface area contributed by atoms with Crippen LogP contribution in [0.3, 0.4) is 0 Å². The lowest BCUT2D eigenvalue weighted by molar-refractivity contribution is 0.416. The van der Waals surface area contributed by atoms with E-state index in [1.165, 1.54) is 10.6 Å². The number of fused-ring (bicyclic) bond motifs is 1. The summed E-state index contributed by atoms with van der Waals surface area (Å²) in [7, 11) is 1.69. The Morgan fingerprint density at radius 1 is 1.22 bits per heavy atom. The summed E-state index contributed by atoms with van der Waals surface area (Å²) in [5.41, 5.74) is 3.25. The molecule has 0 spiro atoms. The van der Waals surface area contributed by atoms with E-state index in [0.717, 1.165) is 22.0 Å².